The Morgan fingerprint density at radius 2 is 1.76 bits per heavy atom. The molecule has 0 unspecified atom stereocenters. The SMILES string of the molecule is CCO[C@@H](Cc1ccc(OCCn2ncc3ccccc3c2=O)cc1)C(=O)N[C@H](CO)c1ccccc1. The molecule has 0 spiro atoms. The first kappa shape index (κ1) is 26.1. The molecule has 192 valence electrons. The number of hydrogen-bond donors (Lipinski definition) is 2. The van der Waals surface area contributed by atoms with Gasteiger partial charge in [-0.05, 0) is 36.2 Å². The van der Waals surface area contributed by atoms with Gasteiger partial charge in [-0.25, -0.2) is 4.68 Å². The monoisotopic (exact) mass is 501 g/mol. The van der Waals surface area contributed by atoms with Crippen LogP contribution in [0.2, 0.25) is 0 Å². The normalized spacial score (nSPS) is 12.7. The van der Waals surface area contributed by atoms with Crippen molar-refractivity contribution in [3.8, 4) is 5.75 Å². The molecule has 0 aliphatic heterocycles. The van der Waals surface area contributed by atoms with Gasteiger partial charge in [-0.15, -0.1) is 0 Å². The summed E-state index contributed by atoms with van der Waals surface area (Å²) in [4.78, 5) is 25.5. The van der Waals surface area contributed by atoms with E-state index in [-0.39, 0.29) is 24.7 Å². The number of hydrogen-bond acceptors (Lipinski definition) is 6. The molecule has 37 heavy (non-hydrogen) atoms. The van der Waals surface area contributed by atoms with Crippen LogP contribution in [0.3, 0.4) is 0 Å². The summed E-state index contributed by atoms with van der Waals surface area (Å²) in [5, 5.41) is 18.3. The van der Waals surface area contributed by atoms with E-state index < -0.39 is 12.1 Å². The first-order chi connectivity index (χ1) is 18.1. The highest BCUT2D eigenvalue weighted by molar-refractivity contribution is 5.81. The molecule has 0 aliphatic rings. The van der Waals surface area contributed by atoms with Gasteiger partial charge in [0.05, 0.1) is 30.8 Å². The number of nitrogens with one attached hydrogen (secondary N) is 1. The van der Waals surface area contributed by atoms with Crippen molar-refractivity contribution in [1.29, 1.82) is 0 Å². The zero-order valence-corrected chi connectivity index (χ0v) is 20.7. The third kappa shape index (κ3) is 6.81. The molecule has 4 rings (SSSR count). The number of fused-ring (bicyclic) bond motifs is 1. The second kappa shape index (κ2) is 12.8. The lowest BCUT2D eigenvalue weighted by Crippen LogP contribution is -2.41. The number of ether oxygens (including phenoxy) is 2. The van der Waals surface area contributed by atoms with Crippen molar-refractivity contribution in [2.24, 2.45) is 0 Å². The lowest BCUT2D eigenvalue weighted by atomic mass is 10.0. The predicted molar refractivity (Wildman–Crippen MR) is 141 cm³/mol. The number of amides is 1. The summed E-state index contributed by atoms with van der Waals surface area (Å²) in [6.45, 7) is 2.63. The molecule has 1 amide bonds. The lowest BCUT2D eigenvalue weighted by Gasteiger charge is -2.22. The van der Waals surface area contributed by atoms with Gasteiger partial charge in [0.15, 0.2) is 0 Å². The Hall–Kier alpha value is -4.01. The number of aliphatic hydroxyl groups excluding tert-OH is 1. The molecule has 1 heterocycles. The van der Waals surface area contributed by atoms with Crippen LogP contribution in [0.1, 0.15) is 24.1 Å². The summed E-state index contributed by atoms with van der Waals surface area (Å²) < 4.78 is 12.9. The molecule has 8 nitrogen and oxygen atoms in total. The number of aliphatic hydroxyl groups is 1. The van der Waals surface area contributed by atoms with Crippen molar-refractivity contribution >= 4 is 16.7 Å². The maximum absolute atomic E-state index is 12.9. The van der Waals surface area contributed by atoms with Crippen LogP contribution in [0, 0.1) is 0 Å². The van der Waals surface area contributed by atoms with Crippen molar-refractivity contribution in [1.82, 2.24) is 15.1 Å². The van der Waals surface area contributed by atoms with E-state index in [1.54, 1.807) is 12.3 Å². The zero-order valence-electron chi connectivity index (χ0n) is 20.7. The fourth-order valence-electron chi connectivity index (χ4n) is 4.09. The van der Waals surface area contributed by atoms with Crippen LogP contribution in [-0.2, 0) is 22.5 Å². The van der Waals surface area contributed by atoms with E-state index >= 15 is 0 Å². The second-order valence-corrected chi connectivity index (χ2v) is 8.56. The second-order valence-electron chi connectivity index (χ2n) is 8.56. The van der Waals surface area contributed by atoms with Gasteiger partial charge in [0.2, 0.25) is 5.91 Å². The van der Waals surface area contributed by atoms with E-state index in [0.29, 0.717) is 30.7 Å². The fourth-order valence-corrected chi connectivity index (χ4v) is 4.09. The van der Waals surface area contributed by atoms with Crippen molar-refractivity contribution in [2.45, 2.75) is 32.0 Å². The molecule has 0 saturated carbocycles. The maximum atomic E-state index is 12.9. The number of rotatable bonds is 12. The van der Waals surface area contributed by atoms with Gasteiger partial charge < -0.3 is 19.9 Å². The van der Waals surface area contributed by atoms with Gasteiger partial charge in [-0.1, -0.05) is 60.7 Å². The zero-order chi connectivity index (χ0) is 26.0. The lowest BCUT2D eigenvalue weighted by molar-refractivity contribution is -0.133. The molecule has 0 saturated heterocycles. The third-order valence-electron chi connectivity index (χ3n) is 6.04. The smallest absolute Gasteiger partial charge is 0.274 e. The highest BCUT2D eigenvalue weighted by Gasteiger charge is 2.23. The Labute approximate surface area is 215 Å². The number of carbonyl (C=O) groups is 1. The molecule has 2 atom stereocenters. The molecule has 0 radical (unpaired) electrons. The molecule has 0 aliphatic carbocycles. The topological polar surface area (TPSA) is 103 Å². The predicted octanol–water partition coefficient (Wildman–Crippen LogP) is 3.27. The van der Waals surface area contributed by atoms with Crippen molar-refractivity contribution in [3.63, 3.8) is 0 Å². The molecule has 0 fully saturated rings. The largest absolute Gasteiger partial charge is 0.492 e. The Balaban J connectivity index is 1.33. The van der Waals surface area contributed by atoms with E-state index in [0.717, 1.165) is 16.5 Å². The van der Waals surface area contributed by atoms with Gasteiger partial charge in [0, 0.05) is 18.4 Å². The fraction of sp³-hybridized carbons (Fsp3) is 0.276. The van der Waals surface area contributed by atoms with Gasteiger partial charge in [0.1, 0.15) is 18.5 Å². The Bertz CT molecular complexity index is 1360. The van der Waals surface area contributed by atoms with Crippen LogP contribution in [0.15, 0.2) is 89.9 Å². The number of benzene rings is 3. The molecule has 3 aromatic carbocycles. The van der Waals surface area contributed by atoms with Crippen LogP contribution in [0.4, 0.5) is 0 Å². The van der Waals surface area contributed by atoms with Crippen LogP contribution < -0.4 is 15.6 Å². The van der Waals surface area contributed by atoms with Crippen LogP contribution in [0.25, 0.3) is 10.8 Å². The highest BCUT2D eigenvalue weighted by Crippen LogP contribution is 2.17. The summed E-state index contributed by atoms with van der Waals surface area (Å²) in [7, 11) is 0. The first-order valence-corrected chi connectivity index (χ1v) is 12.3. The minimum atomic E-state index is -0.694. The van der Waals surface area contributed by atoms with Gasteiger partial charge in [0.25, 0.3) is 5.56 Å². The summed E-state index contributed by atoms with van der Waals surface area (Å²) in [5.41, 5.74) is 1.60. The van der Waals surface area contributed by atoms with Crippen molar-refractivity contribution in [2.75, 3.05) is 19.8 Å². The van der Waals surface area contributed by atoms with Gasteiger partial charge in [-0.2, -0.15) is 5.10 Å². The standard InChI is InChI=1S/C29H31N3O5/c1-2-36-27(28(34)31-26(20-33)22-8-4-3-5-9-22)18-21-12-14-24(15-13-21)37-17-16-32-29(35)25-11-7-6-10-23(25)19-30-32/h3-15,19,26-27,33H,2,16-18,20H2,1H3,(H,31,34)/t26-,27+/m1/s1. The summed E-state index contributed by atoms with van der Waals surface area (Å²) in [6.07, 6.45) is 1.36. The molecule has 8 heteroatoms. The van der Waals surface area contributed by atoms with Crippen LogP contribution in [-0.4, -0.2) is 46.7 Å². The number of carbonyl (C=O) groups excluding carboxylic acids is 1. The Kier molecular flexibility index (Phi) is 9.02. The average Bonchev–Trinajstić information content (AvgIpc) is 2.94. The molecule has 2 N–H and O–H groups in total. The van der Waals surface area contributed by atoms with E-state index in [9.17, 15) is 14.7 Å². The number of nitrogens with zero attached hydrogens (tertiary/aromatic N) is 2. The van der Waals surface area contributed by atoms with E-state index in [1.165, 1.54) is 4.68 Å². The molecular formula is C29H31N3O5. The quantitative estimate of drug-likeness (QED) is 0.309. The molecule has 1 aromatic heterocycles. The first-order valence-electron chi connectivity index (χ1n) is 12.3. The van der Waals surface area contributed by atoms with Crippen molar-refractivity contribution in [3.05, 3.63) is 107 Å². The minimum Gasteiger partial charge on any atom is -0.492 e. The van der Waals surface area contributed by atoms with Crippen LogP contribution >= 0.6 is 0 Å². The maximum Gasteiger partial charge on any atom is 0.274 e. The Morgan fingerprint density at radius 3 is 2.49 bits per heavy atom. The average molecular weight is 502 g/mol. The highest BCUT2D eigenvalue weighted by atomic mass is 16.5. The Morgan fingerprint density at radius 1 is 1.03 bits per heavy atom. The third-order valence-corrected chi connectivity index (χ3v) is 6.04. The minimum absolute atomic E-state index is 0.145. The van der Waals surface area contributed by atoms with Crippen molar-refractivity contribution < 1.29 is 19.4 Å². The van der Waals surface area contributed by atoms with Gasteiger partial charge >= 0.3 is 0 Å². The van der Waals surface area contributed by atoms with Gasteiger partial charge in [-0.3, -0.25) is 9.59 Å². The summed E-state index contributed by atoms with van der Waals surface area (Å²) >= 11 is 0. The van der Waals surface area contributed by atoms with E-state index in [4.69, 9.17) is 9.47 Å². The van der Waals surface area contributed by atoms with E-state index in [2.05, 4.69) is 10.4 Å². The van der Waals surface area contributed by atoms with Crippen LogP contribution in [0.5, 0.6) is 5.75 Å². The number of aromatic nitrogens is 2. The molecular weight excluding hydrogens is 470 g/mol. The summed E-state index contributed by atoms with van der Waals surface area (Å²) in [6, 6.07) is 23.6. The molecule has 4 aromatic rings. The summed E-state index contributed by atoms with van der Waals surface area (Å²) in [5.74, 6) is 0.373. The van der Waals surface area contributed by atoms with E-state index in [1.807, 2.05) is 79.7 Å². The molecule has 0 bridgehead atoms.